The second kappa shape index (κ2) is 8.48. The molecule has 0 fully saturated rings. The molecular weight excluding hydrogens is 289 g/mol. The summed E-state index contributed by atoms with van der Waals surface area (Å²) >= 11 is 0. The molecule has 122 valence electrons. The topological polar surface area (TPSA) is 64.6 Å². The van der Waals surface area contributed by atoms with Gasteiger partial charge in [0.15, 0.2) is 17.3 Å². The molecule has 5 nitrogen and oxygen atoms in total. The van der Waals surface area contributed by atoms with E-state index >= 15 is 0 Å². The van der Waals surface area contributed by atoms with Crippen molar-refractivity contribution in [1.29, 1.82) is 0 Å². The van der Waals surface area contributed by atoms with Crippen LogP contribution in [0.2, 0.25) is 0 Å². The standard InChI is InChI=1S/C16H22FNO4/c1-5-6-7-22-10(2)16(20)12-8-15(21-4)13(17)9-14(12)18-11(3)19/h8-10H,5-7H2,1-4H3,(H,18,19)/t10-/m0/s1. The van der Waals surface area contributed by atoms with Crippen LogP contribution in [0, 0.1) is 5.82 Å². The number of methoxy groups -OCH3 is 1. The van der Waals surface area contributed by atoms with E-state index in [2.05, 4.69) is 5.32 Å². The molecular formula is C16H22FNO4. The molecule has 0 saturated carbocycles. The van der Waals surface area contributed by atoms with Gasteiger partial charge in [-0.2, -0.15) is 0 Å². The molecule has 0 aliphatic heterocycles. The number of hydrogen-bond acceptors (Lipinski definition) is 4. The minimum absolute atomic E-state index is 0.0572. The molecule has 0 heterocycles. The third-order valence-corrected chi connectivity index (χ3v) is 3.10. The Balaban J connectivity index is 3.07. The monoisotopic (exact) mass is 311 g/mol. The average Bonchev–Trinajstić information content (AvgIpc) is 2.46. The summed E-state index contributed by atoms with van der Waals surface area (Å²) in [7, 11) is 1.31. The summed E-state index contributed by atoms with van der Waals surface area (Å²) in [4.78, 5) is 23.7. The fourth-order valence-electron chi connectivity index (χ4n) is 1.91. The van der Waals surface area contributed by atoms with Gasteiger partial charge < -0.3 is 14.8 Å². The van der Waals surface area contributed by atoms with E-state index in [0.717, 1.165) is 18.9 Å². The van der Waals surface area contributed by atoms with Gasteiger partial charge in [0, 0.05) is 25.2 Å². The summed E-state index contributed by atoms with van der Waals surface area (Å²) in [6.07, 6.45) is 1.12. The Morgan fingerprint density at radius 2 is 2.05 bits per heavy atom. The smallest absolute Gasteiger partial charge is 0.221 e. The fraction of sp³-hybridized carbons (Fsp3) is 0.500. The van der Waals surface area contributed by atoms with Crippen molar-refractivity contribution in [3.8, 4) is 5.75 Å². The number of ether oxygens (including phenoxy) is 2. The Morgan fingerprint density at radius 1 is 1.36 bits per heavy atom. The van der Waals surface area contributed by atoms with Crippen molar-refractivity contribution in [3.05, 3.63) is 23.5 Å². The zero-order chi connectivity index (χ0) is 16.7. The van der Waals surface area contributed by atoms with Crippen molar-refractivity contribution >= 4 is 17.4 Å². The van der Waals surface area contributed by atoms with E-state index in [1.54, 1.807) is 6.92 Å². The van der Waals surface area contributed by atoms with Gasteiger partial charge in [0.1, 0.15) is 6.10 Å². The minimum atomic E-state index is -0.686. The Kier molecular flexibility index (Phi) is 6.98. The summed E-state index contributed by atoms with van der Waals surface area (Å²) in [5.74, 6) is -1.43. The van der Waals surface area contributed by atoms with Crippen LogP contribution >= 0.6 is 0 Å². The largest absolute Gasteiger partial charge is 0.494 e. The lowest BCUT2D eigenvalue weighted by molar-refractivity contribution is -0.114. The van der Waals surface area contributed by atoms with Gasteiger partial charge in [0.05, 0.1) is 12.8 Å². The third-order valence-electron chi connectivity index (χ3n) is 3.10. The highest BCUT2D eigenvalue weighted by molar-refractivity contribution is 6.06. The number of Topliss-reactive ketones (excluding diaryl/α,β-unsaturated/α-hetero) is 1. The van der Waals surface area contributed by atoms with Crippen LogP contribution in [0.5, 0.6) is 5.75 Å². The molecule has 1 amide bonds. The first-order chi connectivity index (χ1) is 10.4. The second-order valence-corrected chi connectivity index (χ2v) is 4.94. The highest BCUT2D eigenvalue weighted by atomic mass is 19.1. The van der Waals surface area contributed by atoms with Gasteiger partial charge in [0.2, 0.25) is 5.91 Å². The van der Waals surface area contributed by atoms with Crippen LogP contribution in [0.25, 0.3) is 0 Å². The van der Waals surface area contributed by atoms with E-state index in [4.69, 9.17) is 9.47 Å². The summed E-state index contributed by atoms with van der Waals surface area (Å²) in [5, 5.41) is 2.46. The van der Waals surface area contributed by atoms with Crippen LogP contribution in [-0.2, 0) is 9.53 Å². The highest BCUT2D eigenvalue weighted by Gasteiger charge is 2.22. The number of benzene rings is 1. The van der Waals surface area contributed by atoms with Gasteiger partial charge >= 0.3 is 0 Å². The Morgan fingerprint density at radius 3 is 2.59 bits per heavy atom. The van der Waals surface area contributed by atoms with Gasteiger partial charge in [-0.25, -0.2) is 4.39 Å². The maximum Gasteiger partial charge on any atom is 0.221 e. The predicted molar refractivity (Wildman–Crippen MR) is 81.9 cm³/mol. The maximum absolute atomic E-state index is 13.8. The quantitative estimate of drug-likeness (QED) is 0.591. The van der Waals surface area contributed by atoms with Crippen LogP contribution in [0.15, 0.2) is 12.1 Å². The molecule has 0 spiro atoms. The summed E-state index contributed by atoms with van der Waals surface area (Å²) in [6.45, 7) is 5.41. The van der Waals surface area contributed by atoms with Gasteiger partial charge in [-0.3, -0.25) is 9.59 Å². The zero-order valence-electron chi connectivity index (χ0n) is 13.4. The first kappa shape index (κ1) is 18.1. The normalized spacial score (nSPS) is 11.9. The second-order valence-electron chi connectivity index (χ2n) is 4.94. The minimum Gasteiger partial charge on any atom is -0.494 e. The average molecular weight is 311 g/mol. The molecule has 1 N–H and O–H groups in total. The molecule has 0 unspecified atom stereocenters. The van der Waals surface area contributed by atoms with Gasteiger partial charge in [-0.1, -0.05) is 13.3 Å². The van der Waals surface area contributed by atoms with Crippen molar-refractivity contribution in [2.45, 2.75) is 39.7 Å². The fourth-order valence-corrected chi connectivity index (χ4v) is 1.91. The Bertz CT molecular complexity index is 545. The maximum atomic E-state index is 13.8. The SMILES string of the molecule is CCCCO[C@@H](C)C(=O)c1cc(OC)c(F)cc1NC(C)=O. The Hall–Kier alpha value is -1.95. The first-order valence-corrected chi connectivity index (χ1v) is 7.21. The number of unbranched alkanes of at least 4 members (excludes halogenated alkanes) is 1. The number of nitrogens with one attached hydrogen (secondary N) is 1. The van der Waals surface area contributed by atoms with E-state index in [0.29, 0.717) is 6.61 Å². The lowest BCUT2D eigenvalue weighted by Gasteiger charge is -2.16. The summed E-state index contributed by atoms with van der Waals surface area (Å²) in [5.41, 5.74) is 0.277. The lowest BCUT2D eigenvalue weighted by atomic mass is 10.0. The number of halogens is 1. The molecule has 0 radical (unpaired) electrons. The van der Waals surface area contributed by atoms with E-state index in [1.807, 2.05) is 6.92 Å². The van der Waals surface area contributed by atoms with Crippen LogP contribution in [0.4, 0.5) is 10.1 Å². The molecule has 0 saturated heterocycles. The lowest BCUT2D eigenvalue weighted by Crippen LogP contribution is -2.23. The number of hydrogen-bond donors (Lipinski definition) is 1. The van der Waals surface area contributed by atoms with E-state index in [9.17, 15) is 14.0 Å². The van der Waals surface area contributed by atoms with Gasteiger partial charge in [-0.05, 0) is 19.4 Å². The molecule has 6 heteroatoms. The van der Waals surface area contributed by atoms with Crippen molar-refractivity contribution in [3.63, 3.8) is 0 Å². The molecule has 1 rings (SSSR count). The number of rotatable bonds is 8. The van der Waals surface area contributed by atoms with Crippen LogP contribution < -0.4 is 10.1 Å². The number of ketones is 1. The highest BCUT2D eigenvalue weighted by Crippen LogP contribution is 2.27. The molecule has 1 atom stereocenters. The van der Waals surface area contributed by atoms with Crippen molar-refractivity contribution in [2.75, 3.05) is 19.0 Å². The molecule has 22 heavy (non-hydrogen) atoms. The van der Waals surface area contributed by atoms with E-state index < -0.39 is 17.8 Å². The third kappa shape index (κ3) is 4.80. The van der Waals surface area contributed by atoms with Crippen molar-refractivity contribution in [2.24, 2.45) is 0 Å². The van der Waals surface area contributed by atoms with Crippen LogP contribution in [0.1, 0.15) is 44.0 Å². The number of anilines is 1. The Labute approximate surface area is 129 Å². The molecule has 0 bridgehead atoms. The predicted octanol–water partition coefficient (Wildman–Crippen LogP) is 3.18. The molecule has 0 aliphatic rings. The number of amides is 1. The van der Waals surface area contributed by atoms with Crippen LogP contribution in [0.3, 0.4) is 0 Å². The first-order valence-electron chi connectivity index (χ1n) is 7.21. The van der Waals surface area contributed by atoms with Crippen LogP contribution in [-0.4, -0.2) is 31.5 Å². The summed E-state index contributed by atoms with van der Waals surface area (Å²) in [6, 6.07) is 2.36. The summed E-state index contributed by atoms with van der Waals surface area (Å²) < 4.78 is 24.1. The van der Waals surface area contributed by atoms with E-state index in [-0.39, 0.29) is 22.8 Å². The number of carbonyl (C=O) groups is 2. The number of carbonyl (C=O) groups excluding carboxylic acids is 2. The zero-order valence-corrected chi connectivity index (χ0v) is 13.4. The molecule has 0 aromatic heterocycles. The van der Waals surface area contributed by atoms with Crippen molar-refractivity contribution in [1.82, 2.24) is 0 Å². The van der Waals surface area contributed by atoms with E-state index in [1.165, 1.54) is 20.1 Å². The van der Waals surface area contributed by atoms with Crippen molar-refractivity contribution < 1.29 is 23.5 Å². The van der Waals surface area contributed by atoms with Gasteiger partial charge in [-0.15, -0.1) is 0 Å². The van der Waals surface area contributed by atoms with Gasteiger partial charge in [0.25, 0.3) is 0 Å². The molecule has 1 aromatic carbocycles. The molecule has 0 aliphatic carbocycles. The molecule has 1 aromatic rings.